The second kappa shape index (κ2) is 6.60. The molecule has 2 fully saturated rings. The molecule has 10 heteroatoms. The molecule has 2 atom stereocenters. The van der Waals surface area contributed by atoms with Gasteiger partial charge in [-0.25, -0.2) is 15.0 Å². The second-order valence-electron chi connectivity index (χ2n) is 7.69. The molecule has 0 bridgehead atoms. The molecule has 9 nitrogen and oxygen atoms in total. The van der Waals surface area contributed by atoms with E-state index in [4.69, 9.17) is 16.1 Å². The van der Waals surface area contributed by atoms with E-state index in [1.54, 1.807) is 24.5 Å². The Kier molecular flexibility index (Phi) is 3.85. The number of pyridine rings is 2. The molecule has 1 aliphatic heterocycles. The van der Waals surface area contributed by atoms with Crippen molar-refractivity contribution in [3.8, 4) is 0 Å². The molecular weight excluding hydrogens is 406 g/mol. The molecule has 1 saturated heterocycles. The summed E-state index contributed by atoms with van der Waals surface area (Å²) in [4.78, 5) is 32.1. The third-order valence-corrected chi connectivity index (χ3v) is 6.14. The summed E-state index contributed by atoms with van der Waals surface area (Å²) < 4.78 is 6.88. The predicted octanol–water partition coefficient (Wildman–Crippen LogP) is 2.12. The molecule has 4 aromatic rings. The lowest BCUT2D eigenvalue weighted by atomic mass is 10.2. The summed E-state index contributed by atoms with van der Waals surface area (Å²) in [5.41, 5.74) is 0.248. The molecule has 6 rings (SSSR count). The monoisotopic (exact) mass is 421 g/mol. The minimum absolute atomic E-state index is 0.178. The Labute approximate surface area is 175 Å². The van der Waals surface area contributed by atoms with E-state index < -0.39 is 0 Å². The van der Waals surface area contributed by atoms with Crippen LogP contribution in [0.2, 0.25) is 5.02 Å². The fourth-order valence-electron chi connectivity index (χ4n) is 4.38. The van der Waals surface area contributed by atoms with Gasteiger partial charge in [0.2, 0.25) is 5.89 Å². The highest BCUT2D eigenvalue weighted by atomic mass is 35.5. The Morgan fingerprint density at radius 3 is 2.80 bits per heavy atom. The topological polar surface area (TPSA) is 103 Å². The van der Waals surface area contributed by atoms with E-state index in [0.717, 1.165) is 18.9 Å². The van der Waals surface area contributed by atoms with Crippen LogP contribution in [0.5, 0.6) is 0 Å². The van der Waals surface area contributed by atoms with Crippen LogP contribution in [0, 0.1) is 11.8 Å². The molecule has 0 spiro atoms. The summed E-state index contributed by atoms with van der Waals surface area (Å²) in [7, 11) is 0. The van der Waals surface area contributed by atoms with Gasteiger partial charge in [0, 0.05) is 31.4 Å². The minimum Gasteiger partial charge on any atom is -0.356 e. The van der Waals surface area contributed by atoms with Gasteiger partial charge in [0.15, 0.2) is 11.5 Å². The first-order valence-corrected chi connectivity index (χ1v) is 10.0. The van der Waals surface area contributed by atoms with Crippen LogP contribution in [0.3, 0.4) is 0 Å². The summed E-state index contributed by atoms with van der Waals surface area (Å²) in [5, 5.41) is 5.27. The first kappa shape index (κ1) is 17.5. The zero-order chi connectivity index (χ0) is 20.2. The van der Waals surface area contributed by atoms with E-state index in [1.165, 1.54) is 10.9 Å². The lowest BCUT2D eigenvalue weighted by molar-refractivity contribution is 0.363. The van der Waals surface area contributed by atoms with Crippen molar-refractivity contribution in [2.75, 3.05) is 18.0 Å². The first-order chi connectivity index (χ1) is 14.7. The van der Waals surface area contributed by atoms with E-state index in [0.29, 0.717) is 45.5 Å². The van der Waals surface area contributed by atoms with E-state index in [-0.39, 0.29) is 12.1 Å². The zero-order valence-corrected chi connectivity index (χ0v) is 16.5. The van der Waals surface area contributed by atoms with Gasteiger partial charge in [-0.1, -0.05) is 16.8 Å². The Balaban J connectivity index is 1.16. The molecule has 0 radical (unpaired) electrons. The molecular formula is C20H16ClN7O2. The average Bonchev–Trinajstić information content (AvgIpc) is 3.10. The maximum absolute atomic E-state index is 12.6. The van der Waals surface area contributed by atoms with Gasteiger partial charge in [0.05, 0.1) is 10.4 Å². The molecule has 0 amide bonds. The van der Waals surface area contributed by atoms with Crippen LogP contribution < -0.4 is 10.5 Å². The van der Waals surface area contributed by atoms with Crippen LogP contribution >= 0.6 is 11.6 Å². The molecule has 2 unspecified atom stereocenters. The van der Waals surface area contributed by atoms with Crippen molar-refractivity contribution in [3.63, 3.8) is 0 Å². The minimum atomic E-state index is -0.178. The van der Waals surface area contributed by atoms with E-state index >= 15 is 0 Å². The molecule has 150 valence electrons. The van der Waals surface area contributed by atoms with Crippen molar-refractivity contribution in [1.82, 2.24) is 29.7 Å². The van der Waals surface area contributed by atoms with Crippen LogP contribution in [-0.2, 0) is 6.54 Å². The molecule has 0 N–H and O–H groups in total. The highest BCUT2D eigenvalue weighted by Gasteiger charge is 2.58. The van der Waals surface area contributed by atoms with Crippen molar-refractivity contribution >= 4 is 28.5 Å². The van der Waals surface area contributed by atoms with Crippen molar-refractivity contribution in [2.24, 2.45) is 11.8 Å². The number of hydrogen-bond donors (Lipinski definition) is 0. The van der Waals surface area contributed by atoms with Crippen LogP contribution in [0.15, 0.2) is 52.3 Å². The largest absolute Gasteiger partial charge is 0.356 e. The molecule has 0 aromatic carbocycles. The number of piperidine rings is 1. The van der Waals surface area contributed by atoms with Crippen molar-refractivity contribution < 1.29 is 4.52 Å². The zero-order valence-electron chi connectivity index (χ0n) is 15.7. The van der Waals surface area contributed by atoms with Gasteiger partial charge in [0.1, 0.15) is 18.7 Å². The number of nitrogens with zero attached hydrogens (tertiary/aromatic N) is 7. The fraction of sp³-hybridized carbons (Fsp3) is 0.300. The third kappa shape index (κ3) is 2.85. The molecule has 1 saturated carbocycles. The van der Waals surface area contributed by atoms with Gasteiger partial charge in [-0.3, -0.25) is 9.36 Å². The number of rotatable bonds is 4. The predicted molar refractivity (Wildman–Crippen MR) is 108 cm³/mol. The Bertz CT molecular complexity index is 1290. The SMILES string of the molecule is O=c1c2cccnc2ncn1Cc1nc(C2C3CN(c4ccc(Cl)cn4)CC32)no1. The van der Waals surface area contributed by atoms with Gasteiger partial charge in [-0.05, 0) is 36.1 Å². The van der Waals surface area contributed by atoms with Crippen LogP contribution in [0.4, 0.5) is 5.82 Å². The van der Waals surface area contributed by atoms with Crippen molar-refractivity contribution in [2.45, 2.75) is 12.5 Å². The first-order valence-electron chi connectivity index (χ1n) is 9.66. The quantitative estimate of drug-likeness (QED) is 0.493. The smallest absolute Gasteiger partial charge is 0.263 e. The number of anilines is 1. The van der Waals surface area contributed by atoms with Crippen LogP contribution in [-0.4, -0.2) is 42.7 Å². The second-order valence-corrected chi connectivity index (χ2v) is 8.13. The Hall–Kier alpha value is -3.33. The summed E-state index contributed by atoms with van der Waals surface area (Å²) in [6, 6.07) is 7.23. The van der Waals surface area contributed by atoms with Crippen molar-refractivity contribution in [1.29, 1.82) is 0 Å². The Morgan fingerprint density at radius 1 is 1.13 bits per heavy atom. The van der Waals surface area contributed by atoms with Gasteiger partial charge < -0.3 is 9.42 Å². The number of hydrogen-bond acceptors (Lipinski definition) is 8. The molecule has 1 aliphatic carbocycles. The summed E-state index contributed by atoms with van der Waals surface area (Å²) in [6.07, 6.45) is 4.74. The lowest BCUT2D eigenvalue weighted by Crippen LogP contribution is -2.24. The summed E-state index contributed by atoms with van der Waals surface area (Å²) >= 11 is 5.92. The third-order valence-electron chi connectivity index (χ3n) is 5.91. The molecule has 5 heterocycles. The highest BCUT2D eigenvalue weighted by Crippen LogP contribution is 2.57. The number of halogens is 1. The summed E-state index contributed by atoms with van der Waals surface area (Å²) in [6.45, 7) is 2.01. The van der Waals surface area contributed by atoms with Crippen molar-refractivity contribution in [3.05, 3.63) is 70.1 Å². The summed E-state index contributed by atoms with van der Waals surface area (Å²) in [5.74, 6) is 3.33. The van der Waals surface area contributed by atoms with Gasteiger partial charge >= 0.3 is 0 Å². The normalized spacial score (nSPS) is 22.4. The number of fused-ring (bicyclic) bond motifs is 2. The van der Waals surface area contributed by atoms with E-state index in [9.17, 15) is 4.79 Å². The van der Waals surface area contributed by atoms with Crippen LogP contribution in [0.25, 0.3) is 11.0 Å². The lowest BCUT2D eigenvalue weighted by Gasteiger charge is -2.20. The molecule has 30 heavy (non-hydrogen) atoms. The fourth-order valence-corrected chi connectivity index (χ4v) is 4.49. The van der Waals surface area contributed by atoms with Gasteiger partial charge in [0.25, 0.3) is 5.56 Å². The average molecular weight is 422 g/mol. The molecule has 2 aliphatic rings. The van der Waals surface area contributed by atoms with E-state index in [2.05, 4.69) is 30.0 Å². The number of aromatic nitrogens is 6. The Morgan fingerprint density at radius 2 is 2.00 bits per heavy atom. The maximum atomic E-state index is 12.6. The maximum Gasteiger partial charge on any atom is 0.263 e. The van der Waals surface area contributed by atoms with Crippen LogP contribution in [0.1, 0.15) is 17.6 Å². The standard InChI is InChI=1S/C20H16ClN7O2/c21-11-3-4-15(23-6-11)27-7-13-14(8-27)17(13)19-25-16(30-26-19)9-28-10-24-18-12(20(28)29)2-1-5-22-18/h1-6,10,13-14,17H,7-9H2. The van der Waals surface area contributed by atoms with Gasteiger partial charge in [-0.15, -0.1) is 0 Å². The van der Waals surface area contributed by atoms with Gasteiger partial charge in [-0.2, -0.15) is 4.98 Å². The molecule has 4 aromatic heterocycles. The van der Waals surface area contributed by atoms with E-state index in [1.807, 2.05) is 12.1 Å². The highest BCUT2D eigenvalue weighted by molar-refractivity contribution is 6.30.